The first-order valence-electron chi connectivity index (χ1n) is 12.3. The summed E-state index contributed by atoms with van der Waals surface area (Å²) in [6.45, 7) is 2.06. The molecule has 0 saturated carbocycles. The molecule has 0 aliphatic rings. The van der Waals surface area contributed by atoms with Crippen molar-refractivity contribution in [3.63, 3.8) is 0 Å². The van der Waals surface area contributed by atoms with Crippen LogP contribution in [0.15, 0.2) is 67.0 Å². The van der Waals surface area contributed by atoms with Crippen LogP contribution in [-0.4, -0.2) is 48.0 Å². The van der Waals surface area contributed by atoms with Crippen LogP contribution in [0.3, 0.4) is 0 Å². The standard InChI is InChI=1S/C29H32ClN5O2/c1-35(2)13-4-14-37-24-6-3-5-20(16-24)8-10-27-26(30)17-23(19-33-27)29(36)34-18-21-7-9-25-22(15-21)11-12-32-28(25)31/h3,5-7,9,11-12,15-17,19H,4,8,10,13-14,18H2,1-2H3,(H2,31,32)(H,34,36). The summed E-state index contributed by atoms with van der Waals surface area (Å²) >= 11 is 6.49. The van der Waals surface area contributed by atoms with Crippen LogP contribution in [0.1, 0.15) is 33.6 Å². The predicted octanol–water partition coefficient (Wildman–Crippen LogP) is 4.91. The minimum atomic E-state index is -0.227. The molecular weight excluding hydrogens is 486 g/mol. The number of hydrogen-bond donors (Lipinski definition) is 2. The molecule has 0 saturated heterocycles. The molecule has 2 aromatic heterocycles. The summed E-state index contributed by atoms with van der Waals surface area (Å²) in [7, 11) is 4.11. The van der Waals surface area contributed by atoms with Crippen molar-refractivity contribution in [3.05, 3.63) is 94.4 Å². The molecule has 0 atom stereocenters. The molecule has 37 heavy (non-hydrogen) atoms. The van der Waals surface area contributed by atoms with Gasteiger partial charge < -0.3 is 20.7 Å². The Kier molecular flexibility index (Phi) is 8.93. The number of halogens is 1. The van der Waals surface area contributed by atoms with Crippen molar-refractivity contribution in [1.29, 1.82) is 0 Å². The van der Waals surface area contributed by atoms with E-state index in [0.717, 1.165) is 52.7 Å². The molecule has 0 spiro atoms. The van der Waals surface area contributed by atoms with Gasteiger partial charge in [0, 0.05) is 30.9 Å². The van der Waals surface area contributed by atoms with E-state index >= 15 is 0 Å². The third-order valence-electron chi connectivity index (χ3n) is 6.06. The van der Waals surface area contributed by atoms with Crippen LogP contribution in [0.2, 0.25) is 5.02 Å². The Bertz CT molecular complexity index is 1380. The first kappa shape index (κ1) is 26.4. The van der Waals surface area contributed by atoms with Gasteiger partial charge in [-0.15, -0.1) is 0 Å². The Hall–Kier alpha value is -3.68. The van der Waals surface area contributed by atoms with Crippen molar-refractivity contribution in [2.75, 3.05) is 33.0 Å². The minimum Gasteiger partial charge on any atom is -0.494 e. The first-order valence-corrected chi connectivity index (χ1v) is 12.7. The summed E-state index contributed by atoms with van der Waals surface area (Å²) in [4.78, 5) is 23.4. The fourth-order valence-corrected chi connectivity index (χ4v) is 4.30. The Labute approximate surface area is 222 Å². The van der Waals surface area contributed by atoms with Gasteiger partial charge in [0.2, 0.25) is 0 Å². The second-order valence-electron chi connectivity index (χ2n) is 9.24. The van der Waals surface area contributed by atoms with Crippen LogP contribution in [0.4, 0.5) is 5.82 Å². The maximum atomic E-state index is 12.7. The van der Waals surface area contributed by atoms with Crippen LogP contribution in [0.25, 0.3) is 10.8 Å². The van der Waals surface area contributed by atoms with Crippen molar-refractivity contribution >= 4 is 34.1 Å². The number of ether oxygens (including phenoxy) is 1. The Balaban J connectivity index is 1.30. The number of anilines is 1. The fraction of sp³-hybridized carbons (Fsp3) is 0.276. The number of pyridine rings is 2. The number of amides is 1. The van der Waals surface area contributed by atoms with Gasteiger partial charge in [0.05, 0.1) is 22.9 Å². The van der Waals surface area contributed by atoms with Gasteiger partial charge in [0.15, 0.2) is 0 Å². The Morgan fingerprint density at radius 1 is 1.05 bits per heavy atom. The molecule has 0 unspecified atom stereocenters. The summed E-state index contributed by atoms with van der Waals surface area (Å²) in [5, 5.41) is 5.29. The van der Waals surface area contributed by atoms with Crippen molar-refractivity contribution in [2.24, 2.45) is 0 Å². The lowest BCUT2D eigenvalue weighted by Crippen LogP contribution is -2.23. The number of aryl methyl sites for hydroxylation is 2. The lowest BCUT2D eigenvalue weighted by Gasteiger charge is -2.11. The van der Waals surface area contributed by atoms with E-state index < -0.39 is 0 Å². The average Bonchev–Trinajstić information content (AvgIpc) is 2.89. The molecule has 3 N–H and O–H groups in total. The molecule has 0 bridgehead atoms. The van der Waals surface area contributed by atoms with E-state index in [9.17, 15) is 4.79 Å². The van der Waals surface area contributed by atoms with Crippen LogP contribution < -0.4 is 15.8 Å². The van der Waals surface area contributed by atoms with Crippen LogP contribution in [0.5, 0.6) is 5.75 Å². The van der Waals surface area contributed by atoms with Gasteiger partial charge in [-0.05, 0) is 80.2 Å². The van der Waals surface area contributed by atoms with Crippen molar-refractivity contribution in [3.8, 4) is 5.75 Å². The van der Waals surface area contributed by atoms with E-state index in [2.05, 4.69) is 46.4 Å². The van der Waals surface area contributed by atoms with Crippen molar-refractivity contribution in [1.82, 2.24) is 20.2 Å². The highest BCUT2D eigenvalue weighted by Gasteiger charge is 2.11. The van der Waals surface area contributed by atoms with E-state index in [1.54, 1.807) is 18.5 Å². The lowest BCUT2D eigenvalue weighted by atomic mass is 10.1. The number of rotatable bonds is 11. The number of aromatic nitrogens is 2. The lowest BCUT2D eigenvalue weighted by molar-refractivity contribution is 0.0950. The van der Waals surface area contributed by atoms with Gasteiger partial charge in [-0.2, -0.15) is 0 Å². The number of carbonyl (C=O) groups is 1. The molecule has 0 radical (unpaired) electrons. The number of nitrogens with zero attached hydrogens (tertiary/aromatic N) is 3. The largest absolute Gasteiger partial charge is 0.494 e. The summed E-state index contributed by atoms with van der Waals surface area (Å²) in [5.74, 6) is 1.13. The zero-order chi connectivity index (χ0) is 26.2. The number of benzene rings is 2. The Morgan fingerprint density at radius 3 is 2.73 bits per heavy atom. The molecule has 2 aromatic carbocycles. The van der Waals surface area contributed by atoms with E-state index in [-0.39, 0.29) is 5.91 Å². The SMILES string of the molecule is CN(C)CCCOc1cccc(CCc2ncc(C(=O)NCc3ccc4c(N)nccc4c3)cc2Cl)c1. The zero-order valence-corrected chi connectivity index (χ0v) is 22.0. The van der Waals surface area contributed by atoms with Crippen molar-refractivity contribution < 1.29 is 9.53 Å². The third kappa shape index (κ3) is 7.41. The summed E-state index contributed by atoms with van der Waals surface area (Å²) in [6.07, 6.45) is 5.67. The molecule has 0 fully saturated rings. The third-order valence-corrected chi connectivity index (χ3v) is 6.39. The zero-order valence-electron chi connectivity index (χ0n) is 21.2. The molecule has 4 aromatic rings. The topological polar surface area (TPSA) is 93.4 Å². The van der Waals surface area contributed by atoms with Crippen LogP contribution >= 0.6 is 11.6 Å². The molecule has 192 valence electrons. The van der Waals surface area contributed by atoms with E-state index in [0.29, 0.717) is 36.0 Å². The molecule has 0 aliphatic carbocycles. The summed E-state index contributed by atoms with van der Waals surface area (Å²) in [6, 6.07) is 17.5. The van der Waals surface area contributed by atoms with Gasteiger partial charge in [-0.3, -0.25) is 9.78 Å². The molecule has 1 amide bonds. The highest BCUT2D eigenvalue weighted by atomic mass is 35.5. The first-order chi connectivity index (χ1) is 17.9. The quantitative estimate of drug-likeness (QED) is 0.274. The van der Waals surface area contributed by atoms with Gasteiger partial charge in [-0.1, -0.05) is 35.9 Å². The number of nitrogens with one attached hydrogen (secondary N) is 1. The number of fused-ring (bicyclic) bond motifs is 1. The molecule has 2 heterocycles. The highest BCUT2D eigenvalue weighted by molar-refractivity contribution is 6.31. The van der Waals surface area contributed by atoms with Gasteiger partial charge in [0.1, 0.15) is 11.6 Å². The van der Waals surface area contributed by atoms with E-state index in [1.165, 1.54) is 0 Å². The second kappa shape index (κ2) is 12.5. The monoisotopic (exact) mass is 517 g/mol. The number of nitrogens with two attached hydrogens (primary N) is 1. The van der Waals surface area contributed by atoms with Gasteiger partial charge >= 0.3 is 0 Å². The highest BCUT2D eigenvalue weighted by Crippen LogP contribution is 2.21. The molecule has 0 aliphatic heterocycles. The maximum absolute atomic E-state index is 12.7. The normalized spacial score (nSPS) is 11.1. The van der Waals surface area contributed by atoms with Gasteiger partial charge in [0.25, 0.3) is 5.91 Å². The Morgan fingerprint density at radius 2 is 1.92 bits per heavy atom. The second-order valence-corrected chi connectivity index (χ2v) is 9.65. The molecule has 7 nitrogen and oxygen atoms in total. The molecular formula is C29H32ClN5O2. The smallest absolute Gasteiger partial charge is 0.253 e. The summed E-state index contributed by atoms with van der Waals surface area (Å²) < 4.78 is 5.87. The molecule has 8 heteroatoms. The molecule has 4 rings (SSSR count). The van der Waals surface area contributed by atoms with Crippen LogP contribution in [0, 0.1) is 0 Å². The van der Waals surface area contributed by atoms with Gasteiger partial charge in [-0.25, -0.2) is 4.98 Å². The summed E-state index contributed by atoms with van der Waals surface area (Å²) in [5.41, 5.74) is 9.22. The minimum absolute atomic E-state index is 0.227. The number of nitrogen functional groups attached to an aromatic ring is 1. The van der Waals surface area contributed by atoms with E-state index in [4.69, 9.17) is 22.1 Å². The average molecular weight is 518 g/mol. The number of hydrogen-bond acceptors (Lipinski definition) is 6. The fourth-order valence-electron chi connectivity index (χ4n) is 4.04. The maximum Gasteiger partial charge on any atom is 0.253 e. The van der Waals surface area contributed by atoms with Crippen molar-refractivity contribution in [2.45, 2.75) is 25.8 Å². The predicted molar refractivity (Wildman–Crippen MR) is 149 cm³/mol. The van der Waals surface area contributed by atoms with Crippen LogP contribution in [-0.2, 0) is 19.4 Å². The number of carbonyl (C=O) groups excluding carboxylic acids is 1. The van der Waals surface area contributed by atoms with E-state index in [1.807, 2.05) is 36.4 Å².